The van der Waals surface area contributed by atoms with Crippen molar-refractivity contribution in [2.75, 3.05) is 26.2 Å². The summed E-state index contributed by atoms with van der Waals surface area (Å²) >= 11 is 0. The molecule has 4 nitrogen and oxygen atoms in total. The second-order valence-corrected chi connectivity index (χ2v) is 5.86. The summed E-state index contributed by atoms with van der Waals surface area (Å²) in [6, 6.07) is 0.338. The number of piperidine rings is 1. The van der Waals surface area contributed by atoms with Gasteiger partial charge in [-0.15, -0.1) is 0 Å². The fourth-order valence-electron chi connectivity index (χ4n) is 2.59. The maximum Gasteiger partial charge on any atom is 0.307 e. The Morgan fingerprint density at radius 3 is 2.72 bits per heavy atom. The summed E-state index contributed by atoms with van der Waals surface area (Å²) in [6.07, 6.45) is 3.01. The third kappa shape index (κ3) is 5.36. The summed E-state index contributed by atoms with van der Waals surface area (Å²) in [5.74, 6) is -0.156. The number of aliphatic carboxylic acids is 1. The predicted octanol–water partition coefficient (Wildman–Crippen LogP) is 1.81. The van der Waals surface area contributed by atoms with Crippen LogP contribution in [-0.2, 0) is 4.79 Å². The van der Waals surface area contributed by atoms with Gasteiger partial charge >= 0.3 is 5.97 Å². The van der Waals surface area contributed by atoms with Crippen LogP contribution >= 0.6 is 0 Å². The number of rotatable bonds is 7. The van der Waals surface area contributed by atoms with Crippen molar-refractivity contribution in [2.45, 2.75) is 46.1 Å². The fraction of sp³-hybridized carbons (Fsp3) is 0.929. The van der Waals surface area contributed by atoms with Gasteiger partial charge in [-0.2, -0.15) is 0 Å². The highest BCUT2D eigenvalue weighted by atomic mass is 16.4. The van der Waals surface area contributed by atoms with Crippen LogP contribution in [0.4, 0.5) is 0 Å². The van der Waals surface area contributed by atoms with Gasteiger partial charge in [-0.3, -0.25) is 4.79 Å². The lowest BCUT2D eigenvalue weighted by Crippen LogP contribution is -2.51. The SMILES string of the molecule is CCCN1CC(NCCC(C)C)CC(C(=O)O)C1. The number of carboxylic acids is 1. The average molecular weight is 256 g/mol. The fourth-order valence-corrected chi connectivity index (χ4v) is 2.59. The van der Waals surface area contributed by atoms with Crippen LogP contribution in [0.2, 0.25) is 0 Å². The Hall–Kier alpha value is -0.610. The minimum Gasteiger partial charge on any atom is -0.481 e. The van der Waals surface area contributed by atoms with Crippen molar-refractivity contribution >= 4 is 5.97 Å². The molecule has 1 saturated heterocycles. The van der Waals surface area contributed by atoms with Crippen LogP contribution in [0.15, 0.2) is 0 Å². The Kier molecular flexibility index (Phi) is 6.65. The van der Waals surface area contributed by atoms with Crippen molar-refractivity contribution in [3.8, 4) is 0 Å². The first kappa shape index (κ1) is 15.4. The number of likely N-dealkylation sites (tertiary alicyclic amines) is 1. The number of nitrogens with one attached hydrogen (secondary N) is 1. The van der Waals surface area contributed by atoms with Crippen LogP contribution < -0.4 is 5.32 Å². The maximum absolute atomic E-state index is 11.2. The normalized spacial score (nSPS) is 25.6. The molecule has 0 amide bonds. The van der Waals surface area contributed by atoms with Gasteiger partial charge < -0.3 is 15.3 Å². The summed E-state index contributed by atoms with van der Waals surface area (Å²) in [4.78, 5) is 13.5. The zero-order valence-electron chi connectivity index (χ0n) is 12.0. The molecule has 18 heavy (non-hydrogen) atoms. The van der Waals surface area contributed by atoms with Gasteiger partial charge in [0.05, 0.1) is 5.92 Å². The molecule has 0 aliphatic carbocycles. The highest BCUT2D eigenvalue weighted by Crippen LogP contribution is 2.17. The second-order valence-electron chi connectivity index (χ2n) is 5.86. The monoisotopic (exact) mass is 256 g/mol. The van der Waals surface area contributed by atoms with Crippen LogP contribution in [0.25, 0.3) is 0 Å². The van der Waals surface area contributed by atoms with Crippen LogP contribution in [0.3, 0.4) is 0 Å². The molecule has 0 aromatic carbocycles. The molecule has 1 aliphatic heterocycles. The van der Waals surface area contributed by atoms with E-state index in [1.165, 1.54) is 0 Å². The third-order valence-electron chi connectivity index (χ3n) is 3.57. The largest absolute Gasteiger partial charge is 0.481 e. The summed E-state index contributed by atoms with van der Waals surface area (Å²) < 4.78 is 0. The lowest BCUT2D eigenvalue weighted by atomic mass is 9.94. The van der Waals surface area contributed by atoms with Gasteiger partial charge in [0.2, 0.25) is 0 Å². The van der Waals surface area contributed by atoms with Gasteiger partial charge in [-0.1, -0.05) is 20.8 Å². The molecule has 0 aromatic rings. The Labute approximate surface area is 111 Å². The van der Waals surface area contributed by atoms with E-state index in [1.54, 1.807) is 0 Å². The molecule has 0 spiro atoms. The van der Waals surface area contributed by atoms with Crippen molar-refractivity contribution in [3.05, 3.63) is 0 Å². The van der Waals surface area contributed by atoms with Crippen molar-refractivity contribution in [3.63, 3.8) is 0 Å². The molecule has 2 unspecified atom stereocenters. The third-order valence-corrected chi connectivity index (χ3v) is 3.57. The highest BCUT2D eigenvalue weighted by molar-refractivity contribution is 5.70. The molecule has 1 fully saturated rings. The average Bonchev–Trinajstić information content (AvgIpc) is 2.28. The van der Waals surface area contributed by atoms with Gasteiger partial charge in [-0.05, 0) is 38.3 Å². The van der Waals surface area contributed by atoms with Crippen LogP contribution in [0.1, 0.15) is 40.0 Å². The van der Waals surface area contributed by atoms with Crippen LogP contribution in [0, 0.1) is 11.8 Å². The quantitative estimate of drug-likeness (QED) is 0.729. The van der Waals surface area contributed by atoms with E-state index in [2.05, 4.69) is 31.0 Å². The van der Waals surface area contributed by atoms with Crippen LogP contribution in [0.5, 0.6) is 0 Å². The Morgan fingerprint density at radius 1 is 1.44 bits per heavy atom. The smallest absolute Gasteiger partial charge is 0.307 e. The number of hydrogen-bond acceptors (Lipinski definition) is 3. The van der Waals surface area contributed by atoms with Crippen LogP contribution in [-0.4, -0.2) is 48.2 Å². The van der Waals surface area contributed by atoms with E-state index in [-0.39, 0.29) is 5.92 Å². The van der Waals surface area contributed by atoms with Gasteiger partial charge in [0.1, 0.15) is 0 Å². The number of carboxylic acid groups (broad SMARTS) is 1. The molecule has 4 heteroatoms. The second kappa shape index (κ2) is 7.74. The van der Waals surface area contributed by atoms with E-state index < -0.39 is 5.97 Å². The zero-order chi connectivity index (χ0) is 13.5. The van der Waals surface area contributed by atoms with Gasteiger partial charge in [0.15, 0.2) is 0 Å². The zero-order valence-corrected chi connectivity index (χ0v) is 12.0. The van der Waals surface area contributed by atoms with E-state index >= 15 is 0 Å². The Morgan fingerprint density at radius 2 is 2.17 bits per heavy atom. The first-order valence-corrected chi connectivity index (χ1v) is 7.21. The summed E-state index contributed by atoms with van der Waals surface area (Å²) in [7, 11) is 0. The number of hydrogen-bond donors (Lipinski definition) is 2. The molecule has 2 atom stereocenters. The van der Waals surface area contributed by atoms with E-state index in [1.807, 2.05) is 0 Å². The molecule has 106 valence electrons. The minimum atomic E-state index is -0.647. The maximum atomic E-state index is 11.2. The highest BCUT2D eigenvalue weighted by Gasteiger charge is 2.30. The molecule has 0 bridgehead atoms. The Balaban J connectivity index is 2.42. The van der Waals surface area contributed by atoms with Crippen molar-refractivity contribution < 1.29 is 9.90 Å². The van der Waals surface area contributed by atoms with Gasteiger partial charge in [-0.25, -0.2) is 0 Å². The lowest BCUT2D eigenvalue weighted by Gasteiger charge is -2.36. The van der Waals surface area contributed by atoms with E-state index in [4.69, 9.17) is 0 Å². The summed E-state index contributed by atoms with van der Waals surface area (Å²) in [6.45, 7) is 10.3. The first-order valence-electron chi connectivity index (χ1n) is 7.21. The standard InChI is InChI=1S/C14H28N2O2/c1-4-7-16-9-12(14(17)18)8-13(10-16)15-6-5-11(2)3/h11-13,15H,4-10H2,1-3H3,(H,17,18). The topological polar surface area (TPSA) is 52.6 Å². The molecule has 0 saturated carbocycles. The summed E-state index contributed by atoms with van der Waals surface area (Å²) in [5, 5.41) is 12.7. The lowest BCUT2D eigenvalue weighted by molar-refractivity contribution is -0.144. The molecule has 1 rings (SSSR count). The van der Waals surface area contributed by atoms with E-state index in [9.17, 15) is 9.90 Å². The van der Waals surface area contributed by atoms with Crippen molar-refractivity contribution in [1.82, 2.24) is 10.2 Å². The summed E-state index contributed by atoms with van der Waals surface area (Å²) in [5.41, 5.74) is 0. The van der Waals surface area contributed by atoms with Crippen molar-refractivity contribution in [2.24, 2.45) is 11.8 Å². The molecule has 2 N–H and O–H groups in total. The number of nitrogens with zero attached hydrogens (tertiary/aromatic N) is 1. The molecule has 0 aromatic heterocycles. The Bertz CT molecular complexity index is 256. The van der Waals surface area contributed by atoms with E-state index in [0.29, 0.717) is 18.5 Å². The van der Waals surface area contributed by atoms with Crippen molar-refractivity contribution in [1.29, 1.82) is 0 Å². The van der Waals surface area contributed by atoms with Gasteiger partial charge in [0, 0.05) is 19.1 Å². The predicted molar refractivity (Wildman–Crippen MR) is 73.7 cm³/mol. The first-order chi connectivity index (χ1) is 8.52. The molecule has 0 radical (unpaired) electrons. The number of carbonyl (C=O) groups is 1. The van der Waals surface area contributed by atoms with Gasteiger partial charge in [0.25, 0.3) is 0 Å². The van der Waals surface area contributed by atoms with E-state index in [0.717, 1.165) is 38.9 Å². The minimum absolute atomic E-state index is 0.207. The molecular weight excluding hydrogens is 228 g/mol. The molecule has 1 aliphatic rings. The molecular formula is C14H28N2O2. The molecule has 1 heterocycles.